The molecule has 0 saturated carbocycles. The second-order valence-corrected chi connectivity index (χ2v) is 5.23. The first kappa shape index (κ1) is 15.3. The van der Waals surface area contributed by atoms with Gasteiger partial charge in [0.15, 0.2) is 11.5 Å². The van der Waals surface area contributed by atoms with Gasteiger partial charge in [0.2, 0.25) is 5.91 Å². The maximum absolute atomic E-state index is 11.1. The molecule has 3 N–H and O–H groups in total. The van der Waals surface area contributed by atoms with E-state index < -0.39 is 0 Å². The summed E-state index contributed by atoms with van der Waals surface area (Å²) in [4.78, 5) is 13.3. The molecule has 0 bridgehead atoms. The summed E-state index contributed by atoms with van der Waals surface area (Å²) in [6.07, 6.45) is 1.82. The van der Waals surface area contributed by atoms with Crippen molar-refractivity contribution in [2.75, 3.05) is 37.9 Å². The van der Waals surface area contributed by atoms with Crippen LogP contribution in [0.5, 0.6) is 11.5 Å². The van der Waals surface area contributed by atoms with Crippen LogP contribution in [0.15, 0.2) is 12.1 Å². The molecular weight excluding hydrogens is 270 g/mol. The highest BCUT2D eigenvalue weighted by Crippen LogP contribution is 2.37. The molecule has 0 radical (unpaired) electrons. The van der Waals surface area contributed by atoms with Crippen molar-refractivity contribution in [3.05, 3.63) is 12.1 Å². The van der Waals surface area contributed by atoms with E-state index in [1.165, 1.54) is 0 Å². The van der Waals surface area contributed by atoms with Crippen molar-refractivity contribution in [2.24, 2.45) is 0 Å². The molecule has 0 aromatic heterocycles. The summed E-state index contributed by atoms with van der Waals surface area (Å²) in [6, 6.07) is 3.95. The minimum absolute atomic E-state index is 0.0269. The third-order valence-electron chi connectivity index (χ3n) is 3.78. The highest BCUT2D eigenvalue weighted by molar-refractivity contribution is 5.74. The molecule has 1 amide bonds. The smallest absolute Gasteiger partial charge is 0.217 e. The number of piperidine rings is 1. The zero-order chi connectivity index (χ0) is 15.4. The van der Waals surface area contributed by atoms with E-state index >= 15 is 0 Å². The standard InChI is InChI=1S/C15H23N3O3/c1-10(19)17-11-4-6-18(7-5-11)13-9-15(21-3)14(20-2)8-12(13)16/h8-9,11H,4-7,16H2,1-3H3,(H,17,19). The van der Waals surface area contributed by atoms with Crippen LogP contribution in [-0.2, 0) is 4.79 Å². The molecule has 6 heteroatoms. The van der Waals surface area contributed by atoms with Crippen LogP contribution in [0.25, 0.3) is 0 Å². The molecule has 0 aliphatic carbocycles. The summed E-state index contributed by atoms with van der Waals surface area (Å²) >= 11 is 0. The van der Waals surface area contributed by atoms with Gasteiger partial charge in [0.1, 0.15) is 0 Å². The van der Waals surface area contributed by atoms with E-state index in [4.69, 9.17) is 15.2 Å². The number of benzene rings is 1. The lowest BCUT2D eigenvalue weighted by Crippen LogP contribution is -2.44. The Morgan fingerprint density at radius 2 is 1.81 bits per heavy atom. The average Bonchev–Trinajstić information content (AvgIpc) is 2.47. The Balaban J connectivity index is 2.11. The number of amides is 1. The van der Waals surface area contributed by atoms with Gasteiger partial charge in [-0.25, -0.2) is 0 Å². The minimum Gasteiger partial charge on any atom is -0.493 e. The summed E-state index contributed by atoms with van der Waals surface area (Å²) in [5.41, 5.74) is 7.74. The van der Waals surface area contributed by atoms with Gasteiger partial charge in [0.25, 0.3) is 0 Å². The molecule has 1 fully saturated rings. The Bertz CT molecular complexity index is 511. The third-order valence-corrected chi connectivity index (χ3v) is 3.78. The van der Waals surface area contributed by atoms with Gasteiger partial charge in [-0.3, -0.25) is 4.79 Å². The van der Waals surface area contributed by atoms with E-state index in [0.29, 0.717) is 17.2 Å². The summed E-state index contributed by atoms with van der Waals surface area (Å²) in [5.74, 6) is 1.33. The number of ether oxygens (including phenoxy) is 2. The number of carbonyl (C=O) groups is 1. The quantitative estimate of drug-likeness (QED) is 0.820. The van der Waals surface area contributed by atoms with Crippen LogP contribution in [0.2, 0.25) is 0 Å². The Kier molecular flexibility index (Phi) is 4.77. The molecule has 0 atom stereocenters. The number of anilines is 2. The fraction of sp³-hybridized carbons (Fsp3) is 0.533. The normalized spacial score (nSPS) is 15.7. The van der Waals surface area contributed by atoms with Crippen LogP contribution in [0.4, 0.5) is 11.4 Å². The van der Waals surface area contributed by atoms with Crippen LogP contribution >= 0.6 is 0 Å². The first-order valence-corrected chi connectivity index (χ1v) is 7.08. The second-order valence-electron chi connectivity index (χ2n) is 5.23. The van der Waals surface area contributed by atoms with Crippen molar-refractivity contribution in [3.8, 4) is 11.5 Å². The molecule has 1 saturated heterocycles. The largest absolute Gasteiger partial charge is 0.493 e. The number of hydrogen-bond acceptors (Lipinski definition) is 5. The fourth-order valence-corrected chi connectivity index (χ4v) is 2.71. The predicted octanol–water partition coefficient (Wildman–Crippen LogP) is 1.39. The zero-order valence-electron chi connectivity index (χ0n) is 12.8. The van der Waals surface area contributed by atoms with Crippen molar-refractivity contribution < 1.29 is 14.3 Å². The maximum atomic E-state index is 11.1. The Morgan fingerprint density at radius 1 is 1.24 bits per heavy atom. The fourth-order valence-electron chi connectivity index (χ4n) is 2.71. The number of nitrogens with zero attached hydrogens (tertiary/aromatic N) is 1. The predicted molar refractivity (Wildman–Crippen MR) is 83.0 cm³/mol. The average molecular weight is 293 g/mol. The van der Waals surface area contributed by atoms with Crippen molar-refractivity contribution in [3.63, 3.8) is 0 Å². The summed E-state index contributed by atoms with van der Waals surface area (Å²) in [5, 5.41) is 2.97. The molecule has 0 unspecified atom stereocenters. The molecule has 116 valence electrons. The minimum atomic E-state index is 0.0269. The molecule has 1 aliphatic rings. The van der Waals surface area contributed by atoms with Crippen LogP contribution < -0.4 is 25.4 Å². The highest BCUT2D eigenvalue weighted by atomic mass is 16.5. The first-order chi connectivity index (χ1) is 10.0. The van der Waals surface area contributed by atoms with Crippen LogP contribution in [-0.4, -0.2) is 39.3 Å². The van der Waals surface area contributed by atoms with Crippen molar-refractivity contribution in [1.82, 2.24) is 5.32 Å². The van der Waals surface area contributed by atoms with Gasteiger partial charge >= 0.3 is 0 Å². The topological polar surface area (TPSA) is 76.8 Å². The molecule has 2 rings (SSSR count). The van der Waals surface area contributed by atoms with E-state index in [2.05, 4.69) is 10.2 Å². The maximum Gasteiger partial charge on any atom is 0.217 e. The van der Waals surface area contributed by atoms with E-state index in [0.717, 1.165) is 31.6 Å². The van der Waals surface area contributed by atoms with E-state index in [9.17, 15) is 4.79 Å². The Hall–Kier alpha value is -2.11. The lowest BCUT2D eigenvalue weighted by atomic mass is 10.0. The summed E-state index contributed by atoms with van der Waals surface area (Å²) in [6.45, 7) is 3.26. The lowest BCUT2D eigenvalue weighted by Gasteiger charge is -2.34. The lowest BCUT2D eigenvalue weighted by molar-refractivity contribution is -0.119. The molecule has 0 spiro atoms. The van der Waals surface area contributed by atoms with Gasteiger partial charge in [0, 0.05) is 38.2 Å². The van der Waals surface area contributed by atoms with Crippen LogP contribution in [0, 0.1) is 0 Å². The second kappa shape index (κ2) is 6.56. The third kappa shape index (κ3) is 3.51. The zero-order valence-corrected chi connectivity index (χ0v) is 12.8. The van der Waals surface area contributed by atoms with Crippen LogP contribution in [0.3, 0.4) is 0 Å². The number of carbonyl (C=O) groups excluding carboxylic acids is 1. The molecule has 1 aromatic rings. The molecular formula is C15H23N3O3. The van der Waals surface area contributed by atoms with Crippen molar-refractivity contribution in [2.45, 2.75) is 25.8 Å². The molecule has 1 aromatic carbocycles. The highest BCUT2D eigenvalue weighted by Gasteiger charge is 2.22. The van der Waals surface area contributed by atoms with E-state index in [1.54, 1.807) is 27.2 Å². The number of rotatable bonds is 4. The van der Waals surface area contributed by atoms with Gasteiger partial charge in [0.05, 0.1) is 25.6 Å². The first-order valence-electron chi connectivity index (χ1n) is 7.08. The van der Waals surface area contributed by atoms with E-state index in [1.807, 2.05) is 6.07 Å². The number of hydrogen-bond donors (Lipinski definition) is 2. The van der Waals surface area contributed by atoms with Gasteiger partial charge < -0.3 is 25.4 Å². The van der Waals surface area contributed by atoms with Crippen LogP contribution in [0.1, 0.15) is 19.8 Å². The number of nitrogen functional groups attached to an aromatic ring is 1. The number of methoxy groups -OCH3 is 2. The van der Waals surface area contributed by atoms with Crippen molar-refractivity contribution >= 4 is 17.3 Å². The number of nitrogens with one attached hydrogen (secondary N) is 1. The summed E-state index contributed by atoms with van der Waals surface area (Å²) < 4.78 is 10.6. The van der Waals surface area contributed by atoms with Gasteiger partial charge in [-0.1, -0.05) is 0 Å². The molecule has 1 heterocycles. The molecule has 1 aliphatic heterocycles. The Morgan fingerprint density at radius 3 is 2.33 bits per heavy atom. The van der Waals surface area contributed by atoms with Crippen molar-refractivity contribution in [1.29, 1.82) is 0 Å². The van der Waals surface area contributed by atoms with E-state index in [-0.39, 0.29) is 11.9 Å². The molecule has 6 nitrogen and oxygen atoms in total. The molecule has 21 heavy (non-hydrogen) atoms. The number of nitrogens with two attached hydrogens (primary N) is 1. The summed E-state index contributed by atoms with van der Waals surface area (Å²) in [7, 11) is 3.21. The van der Waals surface area contributed by atoms with Gasteiger partial charge in [-0.05, 0) is 12.8 Å². The Labute approximate surface area is 125 Å². The van der Waals surface area contributed by atoms with Gasteiger partial charge in [-0.15, -0.1) is 0 Å². The van der Waals surface area contributed by atoms with Gasteiger partial charge in [-0.2, -0.15) is 0 Å². The monoisotopic (exact) mass is 293 g/mol. The SMILES string of the molecule is COc1cc(N)c(N2CCC(NC(C)=O)CC2)cc1OC.